The molecule has 0 radical (unpaired) electrons. The number of hydrogen-bond acceptors (Lipinski definition) is 3. The monoisotopic (exact) mass is 276 g/mol. The van der Waals surface area contributed by atoms with Gasteiger partial charge in [-0.3, -0.25) is 4.79 Å². The van der Waals surface area contributed by atoms with Crippen molar-refractivity contribution in [1.82, 2.24) is 5.32 Å². The van der Waals surface area contributed by atoms with E-state index >= 15 is 0 Å². The number of nitrogens with one attached hydrogen (secondary N) is 2. The van der Waals surface area contributed by atoms with Crippen LogP contribution in [0, 0.1) is 0 Å². The maximum absolute atomic E-state index is 12.5. The van der Waals surface area contributed by atoms with Crippen LogP contribution in [0.3, 0.4) is 0 Å². The summed E-state index contributed by atoms with van der Waals surface area (Å²) < 4.78 is 5.67. The third-order valence-corrected chi connectivity index (χ3v) is 3.72. The Kier molecular flexibility index (Phi) is 5.01. The van der Waals surface area contributed by atoms with Crippen molar-refractivity contribution in [3.05, 3.63) is 24.3 Å². The van der Waals surface area contributed by atoms with Crippen LogP contribution < -0.4 is 15.4 Å². The molecule has 20 heavy (non-hydrogen) atoms. The molecule has 110 valence electrons. The SMILES string of the molecule is CCCOc1ccccc1NC(=O)C1(C)CCCCN1. The molecule has 1 aromatic carbocycles. The van der Waals surface area contributed by atoms with Crippen molar-refractivity contribution in [2.75, 3.05) is 18.5 Å². The zero-order valence-corrected chi connectivity index (χ0v) is 12.4. The number of piperidine rings is 1. The fraction of sp³-hybridized carbons (Fsp3) is 0.562. The third kappa shape index (κ3) is 3.51. The van der Waals surface area contributed by atoms with Crippen molar-refractivity contribution in [1.29, 1.82) is 0 Å². The number of rotatable bonds is 5. The zero-order valence-electron chi connectivity index (χ0n) is 12.4. The smallest absolute Gasteiger partial charge is 0.244 e. The first kappa shape index (κ1) is 14.9. The van der Waals surface area contributed by atoms with Gasteiger partial charge in [0.25, 0.3) is 0 Å². The predicted molar refractivity (Wildman–Crippen MR) is 81.1 cm³/mol. The van der Waals surface area contributed by atoms with Gasteiger partial charge < -0.3 is 15.4 Å². The van der Waals surface area contributed by atoms with E-state index in [1.54, 1.807) is 0 Å². The molecule has 1 aromatic rings. The van der Waals surface area contributed by atoms with E-state index in [2.05, 4.69) is 17.6 Å². The molecule has 0 spiro atoms. The predicted octanol–water partition coefficient (Wildman–Crippen LogP) is 2.95. The molecule has 2 rings (SSSR count). The van der Waals surface area contributed by atoms with Crippen LogP contribution in [0.25, 0.3) is 0 Å². The van der Waals surface area contributed by atoms with Crippen LogP contribution in [0.2, 0.25) is 0 Å². The quantitative estimate of drug-likeness (QED) is 0.869. The summed E-state index contributed by atoms with van der Waals surface area (Å²) in [5.41, 5.74) is 0.274. The highest BCUT2D eigenvalue weighted by Gasteiger charge is 2.34. The molecule has 1 amide bonds. The minimum Gasteiger partial charge on any atom is -0.491 e. The maximum Gasteiger partial charge on any atom is 0.244 e. The Morgan fingerprint density at radius 2 is 2.20 bits per heavy atom. The number of carbonyl (C=O) groups excluding carboxylic acids is 1. The summed E-state index contributed by atoms with van der Waals surface area (Å²) >= 11 is 0. The highest BCUT2D eigenvalue weighted by Crippen LogP contribution is 2.26. The van der Waals surface area contributed by atoms with E-state index in [-0.39, 0.29) is 5.91 Å². The lowest BCUT2D eigenvalue weighted by Crippen LogP contribution is -2.54. The van der Waals surface area contributed by atoms with E-state index in [0.717, 1.165) is 43.7 Å². The van der Waals surface area contributed by atoms with E-state index in [0.29, 0.717) is 6.61 Å². The first-order valence-electron chi connectivity index (χ1n) is 7.44. The average molecular weight is 276 g/mol. The lowest BCUT2D eigenvalue weighted by Gasteiger charge is -2.33. The standard InChI is InChI=1S/C16H24N2O2/c1-3-12-20-14-9-5-4-8-13(14)18-15(19)16(2)10-6-7-11-17-16/h4-5,8-9,17H,3,6-7,10-12H2,1-2H3,(H,18,19). The summed E-state index contributed by atoms with van der Waals surface area (Å²) in [5, 5.41) is 6.33. The van der Waals surface area contributed by atoms with Crippen molar-refractivity contribution < 1.29 is 9.53 Å². The Morgan fingerprint density at radius 3 is 2.90 bits per heavy atom. The zero-order chi connectivity index (χ0) is 14.4. The highest BCUT2D eigenvalue weighted by atomic mass is 16.5. The molecule has 4 nitrogen and oxygen atoms in total. The number of ether oxygens (including phenoxy) is 1. The molecule has 0 bridgehead atoms. The molecule has 1 atom stereocenters. The van der Waals surface area contributed by atoms with Gasteiger partial charge in [0.05, 0.1) is 17.8 Å². The van der Waals surface area contributed by atoms with Crippen LogP contribution in [0.1, 0.15) is 39.5 Å². The minimum absolute atomic E-state index is 0.0183. The number of carbonyl (C=O) groups is 1. The van der Waals surface area contributed by atoms with Gasteiger partial charge >= 0.3 is 0 Å². The van der Waals surface area contributed by atoms with Gasteiger partial charge in [-0.25, -0.2) is 0 Å². The number of benzene rings is 1. The van der Waals surface area contributed by atoms with Crippen LogP contribution in [0.5, 0.6) is 5.75 Å². The molecule has 1 unspecified atom stereocenters. The van der Waals surface area contributed by atoms with Crippen molar-refractivity contribution in [3.8, 4) is 5.75 Å². The Balaban J connectivity index is 2.07. The van der Waals surface area contributed by atoms with E-state index in [1.807, 2.05) is 31.2 Å². The highest BCUT2D eigenvalue weighted by molar-refractivity contribution is 5.98. The van der Waals surface area contributed by atoms with Crippen LogP contribution in [0.4, 0.5) is 5.69 Å². The molecule has 1 heterocycles. The van der Waals surface area contributed by atoms with E-state index < -0.39 is 5.54 Å². The average Bonchev–Trinajstić information content (AvgIpc) is 2.47. The molecule has 2 N–H and O–H groups in total. The summed E-state index contributed by atoms with van der Waals surface area (Å²) in [5.74, 6) is 0.756. The fourth-order valence-electron chi connectivity index (χ4n) is 2.42. The lowest BCUT2D eigenvalue weighted by atomic mass is 9.90. The van der Waals surface area contributed by atoms with Gasteiger partial charge in [0, 0.05) is 0 Å². The van der Waals surface area contributed by atoms with Crippen LogP contribution in [0.15, 0.2) is 24.3 Å². The number of anilines is 1. The number of amides is 1. The first-order valence-corrected chi connectivity index (χ1v) is 7.44. The normalized spacial score (nSPS) is 22.3. The van der Waals surface area contributed by atoms with Crippen LogP contribution in [-0.2, 0) is 4.79 Å². The second-order valence-corrected chi connectivity index (χ2v) is 5.51. The van der Waals surface area contributed by atoms with Crippen molar-refractivity contribution in [2.45, 2.75) is 45.1 Å². The van der Waals surface area contributed by atoms with Crippen LogP contribution >= 0.6 is 0 Å². The molecule has 0 aromatic heterocycles. The summed E-state index contributed by atoms with van der Waals surface area (Å²) in [7, 11) is 0. The van der Waals surface area contributed by atoms with Gasteiger partial charge in [-0.15, -0.1) is 0 Å². The van der Waals surface area contributed by atoms with Gasteiger partial charge in [0.2, 0.25) is 5.91 Å². The molecule has 1 saturated heterocycles. The van der Waals surface area contributed by atoms with E-state index in [4.69, 9.17) is 4.74 Å². The van der Waals surface area contributed by atoms with Crippen molar-refractivity contribution in [2.24, 2.45) is 0 Å². The minimum atomic E-state index is -0.476. The topological polar surface area (TPSA) is 50.4 Å². The molecule has 4 heteroatoms. The summed E-state index contributed by atoms with van der Waals surface area (Å²) in [6.45, 7) is 5.59. The summed E-state index contributed by atoms with van der Waals surface area (Å²) in [6.07, 6.45) is 4.04. The van der Waals surface area contributed by atoms with Gasteiger partial charge in [-0.1, -0.05) is 19.1 Å². The Bertz CT molecular complexity index is 454. The first-order chi connectivity index (χ1) is 9.65. The van der Waals surface area contributed by atoms with Gasteiger partial charge in [-0.2, -0.15) is 0 Å². The van der Waals surface area contributed by atoms with Crippen LogP contribution in [-0.4, -0.2) is 24.6 Å². The van der Waals surface area contributed by atoms with Gasteiger partial charge in [0.15, 0.2) is 0 Å². The molecular weight excluding hydrogens is 252 g/mol. The maximum atomic E-state index is 12.5. The molecule has 0 saturated carbocycles. The van der Waals surface area contributed by atoms with Gasteiger partial charge in [-0.05, 0) is 51.3 Å². The molecule has 1 aliphatic heterocycles. The Hall–Kier alpha value is -1.55. The second kappa shape index (κ2) is 6.75. The molecular formula is C16H24N2O2. The summed E-state index contributed by atoms with van der Waals surface area (Å²) in [6, 6.07) is 7.60. The molecule has 1 fully saturated rings. The van der Waals surface area contributed by atoms with E-state index in [9.17, 15) is 4.79 Å². The largest absolute Gasteiger partial charge is 0.491 e. The number of para-hydroxylation sites is 2. The van der Waals surface area contributed by atoms with Gasteiger partial charge in [0.1, 0.15) is 5.75 Å². The Labute approximate surface area is 120 Å². The lowest BCUT2D eigenvalue weighted by molar-refractivity contribution is -0.122. The second-order valence-electron chi connectivity index (χ2n) is 5.51. The number of hydrogen-bond donors (Lipinski definition) is 2. The van der Waals surface area contributed by atoms with Crippen molar-refractivity contribution in [3.63, 3.8) is 0 Å². The fourth-order valence-corrected chi connectivity index (χ4v) is 2.42. The Morgan fingerprint density at radius 1 is 1.40 bits per heavy atom. The van der Waals surface area contributed by atoms with Crippen molar-refractivity contribution >= 4 is 11.6 Å². The van der Waals surface area contributed by atoms with E-state index in [1.165, 1.54) is 0 Å². The molecule has 1 aliphatic rings. The third-order valence-electron chi connectivity index (χ3n) is 3.72. The molecule has 0 aliphatic carbocycles. The summed E-state index contributed by atoms with van der Waals surface area (Å²) in [4.78, 5) is 12.5.